The molecule has 0 amide bonds. The van der Waals surface area contributed by atoms with Gasteiger partial charge in [0.25, 0.3) is 20.0 Å². The zero-order valence-corrected chi connectivity index (χ0v) is 25.6. The molecule has 38 heavy (non-hydrogen) atoms. The normalized spacial score (nSPS) is 11.8. The van der Waals surface area contributed by atoms with Crippen molar-refractivity contribution >= 4 is 20.0 Å². The van der Waals surface area contributed by atoms with Crippen LogP contribution < -0.4 is 0 Å². The van der Waals surface area contributed by atoms with Crippen LogP contribution in [0.1, 0.15) is 55.9 Å². The molecule has 0 fully saturated rings. The predicted molar refractivity (Wildman–Crippen MR) is 154 cm³/mol. The molecular weight excluding hydrogens is 516 g/mol. The number of hydrogen-bond acceptors (Lipinski definition) is 4. The molecule has 0 saturated heterocycles. The summed E-state index contributed by atoms with van der Waals surface area (Å²) in [6, 6.07) is 11.4. The molecule has 204 valence electrons. The molecule has 0 radical (unpaired) electrons. The molecular formula is C30H38N2O4S2. The maximum Gasteiger partial charge on any atom is 0.268 e. The van der Waals surface area contributed by atoms with Crippen LogP contribution >= 0.6 is 0 Å². The number of rotatable bonds is 4. The largest absolute Gasteiger partial charge is 0.268 e. The maximum atomic E-state index is 12.8. The van der Waals surface area contributed by atoms with Crippen LogP contribution in [0.2, 0.25) is 0 Å². The van der Waals surface area contributed by atoms with Gasteiger partial charge in [-0.25, -0.2) is 24.8 Å². The van der Waals surface area contributed by atoms with Crippen molar-refractivity contribution in [3.05, 3.63) is 105 Å². The van der Waals surface area contributed by atoms with Crippen molar-refractivity contribution in [2.45, 2.75) is 79.0 Å². The van der Waals surface area contributed by atoms with Crippen LogP contribution in [0.5, 0.6) is 0 Å². The highest BCUT2D eigenvalue weighted by molar-refractivity contribution is 7.90. The van der Waals surface area contributed by atoms with Crippen molar-refractivity contribution in [3.63, 3.8) is 0 Å². The fourth-order valence-corrected chi connectivity index (χ4v) is 9.03. The molecule has 0 N–H and O–H groups in total. The number of aryl methyl sites for hydroxylation is 10. The average molecular weight is 555 g/mol. The predicted octanol–water partition coefficient (Wildman–Crippen LogP) is 6.53. The third kappa shape index (κ3) is 5.66. The van der Waals surface area contributed by atoms with Crippen molar-refractivity contribution in [3.8, 4) is 0 Å². The maximum absolute atomic E-state index is 12.8. The summed E-state index contributed by atoms with van der Waals surface area (Å²) in [5.41, 5.74) is 8.70. The molecule has 6 nitrogen and oxygen atoms in total. The smallest absolute Gasteiger partial charge is 0.246 e. The van der Waals surface area contributed by atoms with Gasteiger partial charge in [0, 0.05) is 23.8 Å². The molecule has 0 atom stereocenters. The molecule has 2 heterocycles. The Kier molecular flexibility index (Phi) is 8.20. The van der Waals surface area contributed by atoms with Gasteiger partial charge in [0.15, 0.2) is 0 Å². The van der Waals surface area contributed by atoms with Gasteiger partial charge in [-0.1, -0.05) is 35.4 Å². The fourth-order valence-electron chi connectivity index (χ4n) is 5.30. The lowest BCUT2D eigenvalue weighted by atomic mass is 10.1. The lowest BCUT2D eigenvalue weighted by Crippen LogP contribution is -2.16. The zero-order valence-electron chi connectivity index (χ0n) is 24.0. The van der Waals surface area contributed by atoms with E-state index in [1.54, 1.807) is 12.4 Å². The molecule has 4 rings (SSSR count). The first-order valence-corrected chi connectivity index (χ1v) is 15.3. The highest BCUT2D eigenvalue weighted by atomic mass is 32.2. The first-order chi connectivity index (χ1) is 17.5. The lowest BCUT2D eigenvalue weighted by Gasteiger charge is -2.14. The topological polar surface area (TPSA) is 78.1 Å². The zero-order chi connectivity index (χ0) is 28.7. The highest BCUT2D eigenvalue weighted by Crippen LogP contribution is 2.27. The fraction of sp³-hybridized carbons (Fsp3) is 0.333. The van der Waals surface area contributed by atoms with Crippen LogP contribution in [0.3, 0.4) is 0 Å². The highest BCUT2D eigenvalue weighted by Gasteiger charge is 2.24. The van der Waals surface area contributed by atoms with Crippen LogP contribution in [0.15, 0.2) is 58.6 Å². The Bertz CT molecular complexity index is 1560. The summed E-state index contributed by atoms with van der Waals surface area (Å²) in [5.74, 6) is 0. The van der Waals surface area contributed by atoms with E-state index in [1.807, 2.05) is 106 Å². The third-order valence-corrected chi connectivity index (χ3v) is 10.6. The van der Waals surface area contributed by atoms with Crippen LogP contribution in [0.4, 0.5) is 0 Å². The summed E-state index contributed by atoms with van der Waals surface area (Å²) in [4.78, 5) is 0.827. The Labute approximate surface area is 228 Å². The summed E-state index contributed by atoms with van der Waals surface area (Å²) in [6.07, 6.45) is 3.34. The van der Waals surface area contributed by atoms with Crippen molar-refractivity contribution in [1.29, 1.82) is 0 Å². The Morgan fingerprint density at radius 3 is 0.895 bits per heavy atom. The van der Waals surface area contributed by atoms with E-state index in [9.17, 15) is 16.8 Å². The average Bonchev–Trinajstić information content (AvgIpc) is 3.27. The van der Waals surface area contributed by atoms with Gasteiger partial charge in [-0.3, -0.25) is 0 Å². The Hall–Kier alpha value is -3.10. The number of nitrogens with zero attached hydrogens (tertiary/aromatic N) is 2. The van der Waals surface area contributed by atoms with Crippen LogP contribution in [-0.4, -0.2) is 24.8 Å². The minimum Gasteiger partial charge on any atom is -0.246 e. The molecule has 0 saturated carbocycles. The minimum absolute atomic E-state index is 0.414. The molecule has 8 heteroatoms. The second-order valence-corrected chi connectivity index (χ2v) is 13.9. The Balaban J connectivity index is 0.000000211. The summed E-state index contributed by atoms with van der Waals surface area (Å²) in [7, 11) is -7.02. The van der Waals surface area contributed by atoms with Gasteiger partial charge in [-0.15, -0.1) is 0 Å². The van der Waals surface area contributed by atoms with Gasteiger partial charge in [0.05, 0.1) is 9.79 Å². The monoisotopic (exact) mass is 554 g/mol. The number of hydrogen-bond donors (Lipinski definition) is 0. The molecule has 2 aromatic carbocycles. The standard InChI is InChI=1S/2C15H19NO2S/c2*1-10-6-12(3)15(13(4)7-10)19(17,18)16-9-11(2)8-14(16)5/h2*6-9H,1-5H3. The van der Waals surface area contributed by atoms with Gasteiger partial charge >= 0.3 is 0 Å². The van der Waals surface area contributed by atoms with E-state index in [2.05, 4.69) is 0 Å². The summed E-state index contributed by atoms with van der Waals surface area (Å²) in [5, 5.41) is 0. The van der Waals surface area contributed by atoms with Crippen LogP contribution in [0, 0.1) is 69.2 Å². The summed E-state index contributed by atoms with van der Waals surface area (Å²) < 4.78 is 53.9. The van der Waals surface area contributed by atoms with Gasteiger partial charge in [0.1, 0.15) is 0 Å². The van der Waals surface area contributed by atoms with E-state index in [-0.39, 0.29) is 0 Å². The van der Waals surface area contributed by atoms with E-state index in [1.165, 1.54) is 7.94 Å². The Morgan fingerprint density at radius 1 is 0.421 bits per heavy atom. The quantitative estimate of drug-likeness (QED) is 0.287. The molecule has 4 aromatic rings. The van der Waals surface area contributed by atoms with E-state index in [0.717, 1.165) is 55.9 Å². The third-order valence-electron chi connectivity index (χ3n) is 6.45. The Morgan fingerprint density at radius 2 is 0.684 bits per heavy atom. The minimum atomic E-state index is -3.51. The molecule has 0 aliphatic carbocycles. The van der Waals surface area contributed by atoms with E-state index in [4.69, 9.17) is 0 Å². The van der Waals surface area contributed by atoms with Crippen molar-refractivity contribution in [2.24, 2.45) is 0 Å². The lowest BCUT2D eigenvalue weighted by molar-refractivity contribution is 0.583. The number of benzene rings is 2. The molecule has 0 aliphatic heterocycles. The molecule has 0 aliphatic rings. The van der Waals surface area contributed by atoms with Gasteiger partial charge in [-0.05, 0) is 115 Å². The summed E-state index contributed by atoms with van der Waals surface area (Å²) >= 11 is 0. The first-order valence-electron chi connectivity index (χ1n) is 12.4. The van der Waals surface area contributed by atoms with Gasteiger partial charge < -0.3 is 0 Å². The van der Waals surface area contributed by atoms with Crippen molar-refractivity contribution < 1.29 is 16.8 Å². The van der Waals surface area contributed by atoms with Crippen molar-refractivity contribution in [1.82, 2.24) is 7.94 Å². The van der Waals surface area contributed by atoms with Gasteiger partial charge in [0.2, 0.25) is 0 Å². The van der Waals surface area contributed by atoms with Gasteiger partial charge in [-0.2, -0.15) is 0 Å². The molecule has 0 unspecified atom stereocenters. The van der Waals surface area contributed by atoms with Crippen LogP contribution in [-0.2, 0) is 20.0 Å². The second kappa shape index (κ2) is 10.6. The van der Waals surface area contributed by atoms with E-state index >= 15 is 0 Å². The first kappa shape index (κ1) is 29.5. The summed E-state index contributed by atoms with van der Waals surface area (Å²) in [6.45, 7) is 18.7. The molecule has 0 bridgehead atoms. The molecule has 0 spiro atoms. The molecule has 2 aromatic heterocycles. The number of aromatic nitrogens is 2. The SMILES string of the molecule is Cc1cc(C)c(S(=O)(=O)n2cc(C)cc2C)c(C)c1.Cc1cc(C)c(S(=O)(=O)n2cc(C)cc2C)c(C)c1. The van der Waals surface area contributed by atoms with E-state index in [0.29, 0.717) is 9.79 Å². The van der Waals surface area contributed by atoms with E-state index < -0.39 is 20.0 Å². The van der Waals surface area contributed by atoms with Crippen LogP contribution in [0.25, 0.3) is 0 Å². The second-order valence-electron chi connectivity index (χ2n) is 10.4. The van der Waals surface area contributed by atoms with Crippen molar-refractivity contribution in [2.75, 3.05) is 0 Å².